The third-order valence-electron chi connectivity index (χ3n) is 4.85. The zero-order valence-electron chi connectivity index (χ0n) is 16.9. The number of amides is 1. The van der Waals surface area contributed by atoms with Crippen LogP contribution in [-0.4, -0.2) is 48.2 Å². The predicted octanol–water partition coefficient (Wildman–Crippen LogP) is 3.28. The van der Waals surface area contributed by atoms with E-state index < -0.39 is 0 Å². The van der Waals surface area contributed by atoms with Crippen molar-refractivity contribution in [2.45, 2.75) is 39.7 Å². The SMILES string of the molecule is CCN(CC)c1ccc(Nc2nc(C)cc(C(=O)NCC3CCCO3)n2)cc1. The van der Waals surface area contributed by atoms with E-state index in [0.29, 0.717) is 18.2 Å². The van der Waals surface area contributed by atoms with Crippen LogP contribution in [-0.2, 0) is 4.74 Å². The fourth-order valence-electron chi connectivity index (χ4n) is 3.32. The molecule has 1 fully saturated rings. The Morgan fingerprint density at radius 2 is 1.96 bits per heavy atom. The van der Waals surface area contributed by atoms with Crippen molar-refractivity contribution in [3.63, 3.8) is 0 Å². The van der Waals surface area contributed by atoms with Crippen LogP contribution in [0.4, 0.5) is 17.3 Å². The van der Waals surface area contributed by atoms with Crippen LogP contribution in [0.15, 0.2) is 30.3 Å². The molecule has 1 saturated heterocycles. The summed E-state index contributed by atoms with van der Waals surface area (Å²) in [5.41, 5.74) is 3.15. The fraction of sp³-hybridized carbons (Fsp3) is 0.476. The Morgan fingerprint density at radius 3 is 2.61 bits per heavy atom. The highest BCUT2D eigenvalue weighted by molar-refractivity contribution is 5.92. The van der Waals surface area contributed by atoms with Gasteiger partial charge in [-0.25, -0.2) is 9.97 Å². The van der Waals surface area contributed by atoms with Crippen LogP contribution >= 0.6 is 0 Å². The second-order valence-electron chi connectivity index (χ2n) is 6.91. The van der Waals surface area contributed by atoms with E-state index in [1.807, 2.05) is 19.1 Å². The van der Waals surface area contributed by atoms with Gasteiger partial charge >= 0.3 is 0 Å². The van der Waals surface area contributed by atoms with Gasteiger partial charge in [-0.1, -0.05) is 0 Å². The lowest BCUT2D eigenvalue weighted by molar-refractivity contribution is 0.0853. The minimum atomic E-state index is -0.207. The molecular weight excluding hydrogens is 354 g/mol. The lowest BCUT2D eigenvalue weighted by Gasteiger charge is -2.21. The number of anilines is 3. The average Bonchev–Trinajstić information content (AvgIpc) is 3.21. The number of ether oxygens (including phenoxy) is 1. The number of hydrogen-bond acceptors (Lipinski definition) is 6. The van der Waals surface area contributed by atoms with E-state index in [9.17, 15) is 4.79 Å². The van der Waals surface area contributed by atoms with Gasteiger partial charge in [-0.15, -0.1) is 0 Å². The smallest absolute Gasteiger partial charge is 0.270 e. The summed E-state index contributed by atoms with van der Waals surface area (Å²) in [5.74, 6) is 0.207. The maximum Gasteiger partial charge on any atom is 0.270 e. The minimum Gasteiger partial charge on any atom is -0.376 e. The number of rotatable bonds is 8. The monoisotopic (exact) mass is 383 g/mol. The summed E-state index contributed by atoms with van der Waals surface area (Å²) in [4.78, 5) is 23.5. The molecule has 1 aromatic carbocycles. The van der Waals surface area contributed by atoms with Crippen molar-refractivity contribution in [3.05, 3.63) is 41.7 Å². The van der Waals surface area contributed by atoms with Crippen molar-refractivity contribution < 1.29 is 9.53 Å². The fourth-order valence-corrected chi connectivity index (χ4v) is 3.32. The average molecular weight is 383 g/mol. The number of nitrogens with zero attached hydrogens (tertiary/aromatic N) is 3. The van der Waals surface area contributed by atoms with Gasteiger partial charge in [0, 0.05) is 43.3 Å². The summed E-state index contributed by atoms with van der Waals surface area (Å²) in [5, 5.41) is 6.10. The van der Waals surface area contributed by atoms with Crippen LogP contribution in [0.2, 0.25) is 0 Å². The molecule has 7 nitrogen and oxygen atoms in total. The Morgan fingerprint density at radius 1 is 1.21 bits per heavy atom. The maximum atomic E-state index is 12.5. The van der Waals surface area contributed by atoms with Crippen molar-refractivity contribution in [1.82, 2.24) is 15.3 Å². The summed E-state index contributed by atoms with van der Waals surface area (Å²) in [6, 6.07) is 9.83. The maximum absolute atomic E-state index is 12.5. The topological polar surface area (TPSA) is 79.4 Å². The molecule has 0 bridgehead atoms. The highest BCUT2D eigenvalue weighted by Crippen LogP contribution is 2.20. The van der Waals surface area contributed by atoms with Crippen molar-refractivity contribution in [2.75, 3.05) is 36.5 Å². The molecule has 1 aliphatic heterocycles. The van der Waals surface area contributed by atoms with Gasteiger partial charge in [0.2, 0.25) is 5.95 Å². The molecule has 150 valence electrons. The summed E-state index contributed by atoms with van der Waals surface area (Å²) < 4.78 is 5.54. The van der Waals surface area contributed by atoms with Crippen LogP contribution < -0.4 is 15.5 Å². The van der Waals surface area contributed by atoms with Gasteiger partial charge in [0.25, 0.3) is 5.91 Å². The van der Waals surface area contributed by atoms with E-state index in [1.165, 1.54) is 5.69 Å². The zero-order valence-corrected chi connectivity index (χ0v) is 16.9. The molecule has 0 aliphatic carbocycles. The van der Waals surface area contributed by atoms with E-state index in [0.717, 1.165) is 43.9 Å². The lowest BCUT2D eigenvalue weighted by Crippen LogP contribution is -2.32. The third kappa shape index (κ3) is 5.19. The normalized spacial score (nSPS) is 16.0. The number of hydrogen-bond donors (Lipinski definition) is 2. The Kier molecular flexibility index (Phi) is 6.81. The number of nitrogens with one attached hydrogen (secondary N) is 2. The Balaban J connectivity index is 1.66. The van der Waals surface area contributed by atoms with Crippen LogP contribution in [0.3, 0.4) is 0 Å². The van der Waals surface area contributed by atoms with E-state index in [2.05, 4.69) is 51.5 Å². The molecule has 1 aromatic heterocycles. The molecule has 1 aliphatic rings. The predicted molar refractivity (Wildman–Crippen MR) is 111 cm³/mol. The molecule has 2 heterocycles. The molecule has 0 spiro atoms. The van der Waals surface area contributed by atoms with E-state index in [4.69, 9.17) is 4.74 Å². The van der Waals surface area contributed by atoms with Crippen molar-refractivity contribution >= 4 is 23.2 Å². The summed E-state index contributed by atoms with van der Waals surface area (Å²) in [6.45, 7) is 9.35. The molecule has 0 radical (unpaired) electrons. The third-order valence-corrected chi connectivity index (χ3v) is 4.85. The molecule has 28 heavy (non-hydrogen) atoms. The molecule has 1 atom stereocenters. The van der Waals surface area contributed by atoms with Crippen LogP contribution in [0, 0.1) is 6.92 Å². The zero-order chi connectivity index (χ0) is 19.9. The van der Waals surface area contributed by atoms with Crippen molar-refractivity contribution in [2.24, 2.45) is 0 Å². The largest absolute Gasteiger partial charge is 0.376 e. The first-order valence-electron chi connectivity index (χ1n) is 9.96. The van der Waals surface area contributed by atoms with E-state index >= 15 is 0 Å². The molecule has 1 unspecified atom stereocenters. The first-order chi connectivity index (χ1) is 13.6. The summed E-state index contributed by atoms with van der Waals surface area (Å²) in [7, 11) is 0. The Hall–Kier alpha value is -2.67. The van der Waals surface area contributed by atoms with E-state index in [-0.39, 0.29) is 12.0 Å². The Bertz CT molecular complexity index is 784. The van der Waals surface area contributed by atoms with Crippen LogP contribution in [0.5, 0.6) is 0 Å². The number of carbonyl (C=O) groups is 1. The number of benzene rings is 1. The van der Waals surface area contributed by atoms with Gasteiger partial charge in [0.05, 0.1) is 6.10 Å². The number of aromatic nitrogens is 2. The second kappa shape index (κ2) is 9.50. The van der Waals surface area contributed by atoms with Crippen LogP contribution in [0.1, 0.15) is 42.9 Å². The lowest BCUT2D eigenvalue weighted by atomic mass is 10.2. The molecule has 2 aromatic rings. The molecule has 1 amide bonds. The molecule has 7 heteroatoms. The van der Waals surface area contributed by atoms with Gasteiger partial charge in [-0.2, -0.15) is 0 Å². The van der Waals surface area contributed by atoms with Gasteiger partial charge in [-0.05, 0) is 63.9 Å². The first kappa shape index (κ1) is 20.1. The number of aryl methyl sites for hydroxylation is 1. The van der Waals surface area contributed by atoms with Gasteiger partial charge < -0.3 is 20.3 Å². The second-order valence-corrected chi connectivity index (χ2v) is 6.91. The van der Waals surface area contributed by atoms with Crippen molar-refractivity contribution in [3.8, 4) is 0 Å². The molecule has 0 saturated carbocycles. The van der Waals surface area contributed by atoms with Crippen molar-refractivity contribution in [1.29, 1.82) is 0 Å². The highest BCUT2D eigenvalue weighted by atomic mass is 16.5. The Labute approximate surface area is 166 Å². The first-order valence-corrected chi connectivity index (χ1v) is 9.96. The van der Waals surface area contributed by atoms with E-state index in [1.54, 1.807) is 6.07 Å². The molecular formula is C21H29N5O2. The minimum absolute atomic E-state index is 0.105. The molecule has 2 N–H and O–H groups in total. The molecule has 3 rings (SSSR count). The quantitative estimate of drug-likeness (QED) is 0.728. The standard InChI is InChI=1S/C21H29N5O2/c1-4-26(5-2)17-10-8-16(9-11-17)24-21-23-15(3)13-19(25-21)20(27)22-14-18-7-6-12-28-18/h8-11,13,18H,4-7,12,14H2,1-3H3,(H,22,27)(H,23,24,25). The summed E-state index contributed by atoms with van der Waals surface area (Å²) in [6.07, 6.45) is 2.14. The van der Waals surface area contributed by atoms with Gasteiger partial charge in [-0.3, -0.25) is 4.79 Å². The van der Waals surface area contributed by atoms with Crippen LogP contribution in [0.25, 0.3) is 0 Å². The van der Waals surface area contributed by atoms with Gasteiger partial charge in [0.1, 0.15) is 5.69 Å². The number of carbonyl (C=O) groups excluding carboxylic acids is 1. The van der Waals surface area contributed by atoms with Gasteiger partial charge in [0.15, 0.2) is 0 Å². The highest BCUT2D eigenvalue weighted by Gasteiger charge is 2.18. The summed E-state index contributed by atoms with van der Waals surface area (Å²) >= 11 is 0.